The molecule has 18 heavy (non-hydrogen) atoms. The Labute approximate surface area is 113 Å². The van der Waals surface area contributed by atoms with E-state index < -0.39 is 14.9 Å². The fraction of sp³-hybridized carbons (Fsp3) is 0.769. The molecule has 0 saturated carbocycles. The first kappa shape index (κ1) is 17.3. The van der Waals surface area contributed by atoms with E-state index in [1.807, 2.05) is 20.8 Å². The van der Waals surface area contributed by atoms with E-state index in [-0.39, 0.29) is 11.7 Å². The van der Waals surface area contributed by atoms with Crippen molar-refractivity contribution in [2.24, 2.45) is 0 Å². The minimum atomic E-state index is -0.878. The maximum atomic E-state index is 11.3. The lowest BCUT2D eigenvalue weighted by Crippen LogP contribution is -2.46. The molecule has 4 nitrogen and oxygen atoms in total. The molecule has 0 spiro atoms. The molecule has 0 N–H and O–H groups in total. The second-order valence-electron chi connectivity index (χ2n) is 4.26. The van der Waals surface area contributed by atoms with Crippen LogP contribution in [0.2, 0.25) is 0 Å². The number of rotatable bonds is 10. The van der Waals surface area contributed by atoms with Gasteiger partial charge in [-0.2, -0.15) is 0 Å². The van der Waals surface area contributed by atoms with Crippen LogP contribution >= 0.6 is 0 Å². The lowest BCUT2D eigenvalue weighted by Gasteiger charge is -2.32. The molecule has 0 rings (SSSR count). The molecule has 0 aliphatic heterocycles. The van der Waals surface area contributed by atoms with Crippen LogP contribution in [0, 0.1) is 0 Å². The van der Waals surface area contributed by atoms with Crippen LogP contribution in [-0.2, 0) is 19.0 Å². The van der Waals surface area contributed by atoms with Gasteiger partial charge in [0.05, 0.1) is 5.73 Å². The van der Waals surface area contributed by atoms with E-state index in [1.54, 1.807) is 0 Å². The van der Waals surface area contributed by atoms with Gasteiger partial charge in [0.15, 0.2) is 0 Å². The van der Waals surface area contributed by atoms with Crippen LogP contribution in [-0.4, -0.2) is 39.8 Å². The summed E-state index contributed by atoms with van der Waals surface area (Å²) in [7, 11) is -0.878. The molecule has 0 saturated heterocycles. The molecule has 106 valence electrons. The summed E-state index contributed by atoms with van der Waals surface area (Å²) in [6, 6.07) is 0. The van der Waals surface area contributed by atoms with Gasteiger partial charge in [0.1, 0.15) is 14.9 Å². The van der Waals surface area contributed by atoms with E-state index in [9.17, 15) is 4.79 Å². The van der Waals surface area contributed by atoms with Gasteiger partial charge in [0, 0.05) is 19.3 Å². The van der Waals surface area contributed by atoms with Gasteiger partial charge in [-0.05, 0) is 27.2 Å². The highest BCUT2D eigenvalue weighted by atomic mass is 28.2. The first-order valence-electron chi connectivity index (χ1n) is 6.62. The third-order valence-electron chi connectivity index (χ3n) is 2.56. The van der Waals surface area contributed by atoms with Crippen LogP contribution < -0.4 is 0 Å². The zero-order valence-electron chi connectivity index (χ0n) is 12.0. The van der Waals surface area contributed by atoms with E-state index >= 15 is 0 Å². The Hall–Kier alpha value is -0.653. The van der Waals surface area contributed by atoms with E-state index in [0.717, 1.165) is 12.8 Å². The highest BCUT2D eigenvalue weighted by molar-refractivity contribution is 6.40. The third-order valence-corrected chi connectivity index (χ3v) is 4.74. The second kappa shape index (κ2) is 9.30. The van der Waals surface area contributed by atoms with Crippen molar-refractivity contribution in [3.05, 3.63) is 12.7 Å². The predicted octanol–water partition coefficient (Wildman–Crippen LogP) is 1.76. The first-order chi connectivity index (χ1) is 8.51. The van der Waals surface area contributed by atoms with Gasteiger partial charge in [-0.15, -0.1) is 0 Å². The molecule has 0 bridgehead atoms. The van der Waals surface area contributed by atoms with Gasteiger partial charge >= 0.3 is 5.97 Å². The maximum absolute atomic E-state index is 11.3. The molecule has 0 radical (unpaired) electrons. The molecule has 5 heteroatoms. The van der Waals surface area contributed by atoms with Crippen molar-refractivity contribution < 1.29 is 19.0 Å². The molecule has 0 aliphatic carbocycles. The van der Waals surface area contributed by atoms with Gasteiger partial charge in [0.2, 0.25) is 0 Å². The molecule has 0 aliphatic rings. The largest absolute Gasteiger partial charge is 0.464 e. The van der Waals surface area contributed by atoms with E-state index in [2.05, 4.69) is 13.5 Å². The fourth-order valence-corrected chi connectivity index (χ4v) is 4.25. The predicted molar refractivity (Wildman–Crippen MR) is 75.2 cm³/mol. The topological polar surface area (TPSA) is 44.8 Å². The molecular weight excluding hydrogens is 248 g/mol. The van der Waals surface area contributed by atoms with Gasteiger partial charge in [-0.25, -0.2) is 4.79 Å². The Morgan fingerprint density at radius 1 is 1.33 bits per heavy atom. The SMILES string of the molecule is C=CC(=O)OC(CCC)[SiH2]C(C)(OCC)OCC. The average Bonchev–Trinajstić information content (AvgIpc) is 2.29. The summed E-state index contributed by atoms with van der Waals surface area (Å²) in [4.78, 5) is 11.3. The smallest absolute Gasteiger partial charge is 0.330 e. The van der Waals surface area contributed by atoms with Crippen LogP contribution in [0.15, 0.2) is 12.7 Å². The maximum Gasteiger partial charge on any atom is 0.330 e. The highest BCUT2D eigenvalue weighted by Gasteiger charge is 2.31. The van der Waals surface area contributed by atoms with Crippen molar-refractivity contribution in [1.29, 1.82) is 0 Å². The molecule has 0 aromatic heterocycles. The molecule has 0 aromatic rings. The summed E-state index contributed by atoms with van der Waals surface area (Å²) in [5.41, 5.74) is -0.631. The van der Waals surface area contributed by atoms with Crippen molar-refractivity contribution in [2.75, 3.05) is 13.2 Å². The Balaban J connectivity index is 4.58. The van der Waals surface area contributed by atoms with Crippen LogP contribution in [0.25, 0.3) is 0 Å². The van der Waals surface area contributed by atoms with Gasteiger partial charge in [-0.3, -0.25) is 0 Å². The van der Waals surface area contributed by atoms with Crippen molar-refractivity contribution >= 4 is 15.5 Å². The Bertz CT molecular complexity index is 249. The van der Waals surface area contributed by atoms with Gasteiger partial charge in [-0.1, -0.05) is 19.9 Å². The van der Waals surface area contributed by atoms with E-state index in [4.69, 9.17) is 14.2 Å². The van der Waals surface area contributed by atoms with Crippen LogP contribution in [0.5, 0.6) is 0 Å². The average molecular weight is 274 g/mol. The molecule has 1 atom stereocenters. The molecule has 0 amide bonds. The minimum Gasteiger partial charge on any atom is -0.464 e. The number of hydrogen-bond donors (Lipinski definition) is 0. The summed E-state index contributed by atoms with van der Waals surface area (Å²) >= 11 is 0. The van der Waals surface area contributed by atoms with Crippen molar-refractivity contribution in [3.63, 3.8) is 0 Å². The lowest BCUT2D eigenvalue weighted by molar-refractivity contribution is -0.166. The number of carbonyl (C=O) groups excluding carboxylic acids is 1. The quantitative estimate of drug-likeness (QED) is 0.263. The standard InChI is InChI=1S/C13H26O4Si/c1-6-10-12(17-11(14)7-2)18-13(5,15-8-3)16-9-4/h7,12H,2,6,8-10,18H2,1,3-5H3. The molecular formula is C13H26O4Si. The van der Waals surface area contributed by atoms with Crippen molar-refractivity contribution in [3.8, 4) is 0 Å². The minimum absolute atomic E-state index is 0.0661. The first-order valence-corrected chi connectivity index (χ1v) is 8.14. The Morgan fingerprint density at radius 2 is 1.89 bits per heavy atom. The third kappa shape index (κ3) is 6.93. The van der Waals surface area contributed by atoms with Crippen LogP contribution in [0.3, 0.4) is 0 Å². The Morgan fingerprint density at radius 3 is 2.28 bits per heavy atom. The molecule has 0 heterocycles. The summed E-state index contributed by atoms with van der Waals surface area (Å²) in [5, 5.41) is 0. The normalized spacial score (nSPS) is 13.8. The van der Waals surface area contributed by atoms with Crippen LogP contribution in [0.1, 0.15) is 40.5 Å². The monoisotopic (exact) mass is 274 g/mol. The zero-order valence-corrected chi connectivity index (χ0v) is 13.4. The van der Waals surface area contributed by atoms with Crippen molar-refractivity contribution in [1.82, 2.24) is 0 Å². The van der Waals surface area contributed by atoms with Gasteiger partial charge < -0.3 is 14.2 Å². The Kier molecular flexibility index (Phi) is 8.96. The number of carbonyl (C=O) groups is 1. The summed E-state index contributed by atoms with van der Waals surface area (Å²) in [6.45, 7) is 12.5. The zero-order chi connectivity index (χ0) is 14.0. The molecule has 1 unspecified atom stereocenters. The number of ether oxygens (including phenoxy) is 3. The summed E-state index contributed by atoms with van der Waals surface area (Å²) in [6.07, 6.45) is 3.02. The van der Waals surface area contributed by atoms with Crippen LogP contribution in [0.4, 0.5) is 0 Å². The lowest BCUT2D eigenvalue weighted by atomic mass is 10.3. The summed E-state index contributed by atoms with van der Waals surface area (Å²) < 4.78 is 16.7. The number of hydrogen-bond acceptors (Lipinski definition) is 4. The van der Waals surface area contributed by atoms with Crippen molar-refractivity contribution in [2.45, 2.75) is 51.7 Å². The fourth-order valence-electron chi connectivity index (χ4n) is 1.92. The van der Waals surface area contributed by atoms with Gasteiger partial charge in [0.25, 0.3) is 0 Å². The molecule has 0 fully saturated rings. The molecule has 0 aromatic carbocycles. The highest BCUT2D eigenvalue weighted by Crippen LogP contribution is 2.16. The second-order valence-corrected chi connectivity index (χ2v) is 6.86. The van der Waals surface area contributed by atoms with E-state index in [0.29, 0.717) is 13.2 Å². The summed E-state index contributed by atoms with van der Waals surface area (Å²) in [5.74, 6) is -0.365. The number of esters is 1. The van der Waals surface area contributed by atoms with E-state index in [1.165, 1.54) is 6.08 Å².